The highest BCUT2D eigenvalue weighted by Gasteiger charge is 2.25. The Balaban J connectivity index is 1.67. The number of halogens is 3. The molecule has 0 N–H and O–H groups in total. The minimum absolute atomic E-state index is 0.364. The number of rotatable bonds is 7. The fourth-order valence-corrected chi connectivity index (χ4v) is 5.89. The van der Waals surface area contributed by atoms with Gasteiger partial charge in [-0.1, -0.05) is 56.3 Å². The predicted octanol–water partition coefficient (Wildman–Crippen LogP) is 8.94. The second kappa shape index (κ2) is 11.0. The molecule has 3 rings (SSSR count). The topological polar surface area (TPSA) is 26.3 Å². The van der Waals surface area contributed by atoms with Crippen molar-refractivity contribution in [3.63, 3.8) is 0 Å². The molecule has 1 saturated carbocycles. The van der Waals surface area contributed by atoms with Gasteiger partial charge in [0.05, 0.1) is 10.6 Å². The van der Waals surface area contributed by atoms with Crippen molar-refractivity contribution in [1.82, 2.24) is 0 Å². The molecule has 0 amide bonds. The molecule has 2 aromatic rings. The number of hydrogen-bond donors (Lipinski definition) is 0. The summed E-state index contributed by atoms with van der Waals surface area (Å²) in [5.41, 5.74) is 1.77. The van der Waals surface area contributed by atoms with Gasteiger partial charge in [-0.25, -0.2) is 4.79 Å². The first kappa shape index (κ1) is 22.8. The van der Waals surface area contributed by atoms with Gasteiger partial charge in [-0.2, -0.15) is 0 Å². The number of ether oxygens (including phenoxy) is 1. The summed E-state index contributed by atoms with van der Waals surface area (Å²) in [6.07, 6.45) is 10.4. The van der Waals surface area contributed by atoms with Gasteiger partial charge in [-0.3, -0.25) is 0 Å². The van der Waals surface area contributed by atoms with Crippen LogP contribution in [0.4, 0.5) is 0 Å². The molecule has 2 nitrogen and oxygen atoms in total. The van der Waals surface area contributed by atoms with E-state index in [9.17, 15) is 4.79 Å². The van der Waals surface area contributed by atoms with E-state index in [2.05, 4.69) is 50.9 Å². The van der Waals surface area contributed by atoms with Crippen LogP contribution in [0.15, 0.2) is 45.3 Å². The molecular weight excluding hydrogens is 516 g/mol. The van der Waals surface area contributed by atoms with E-state index in [1.54, 1.807) is 24.3 Å². The summed E-state index contributed by atoms with van der Waals surface area (Å²) in [5.74, 6) is 1.37. The Morgan fingerprint density at radius 3 is 2.34 bits per heavy atom. The summed E-state index contributed by atoms with van der Waals surface area (Å²) >= 11 is 13.3. The maximum absolute atomic E-state index is 12.7. The van der Waals surface area contributed by atoms with Gasteiger partial charge in [-0.05, 0) is 99.2 Å². The van der Waals surface area contributed by atoms with Crippen molar-refractivity contribution in [1.29, 1.82) is 0 Å². The average molecular weight is 543 g/mol. The van der Waals surface area contributed by atoms with Crippen LogP contribution in [0, 0.1) is 5.92 Å². The molecule has 0 heterocycles. The second-order valence-corrected chi connectivity index (χ2v) is 10.0. The molecular formula is C24H27Br2ClO2. The Labute approximate surface area is 195 Å². The highest BCUT2D eigenvalue weighted by Crippen LogP contribution is 2.40. The highest BCUT2D eigenvalue weighted by molar-refractivity contribution is 9.11. The average Bonchev–Trinajstić information content (AvgIpc) is 2.70. The molecule has 1 aliphatic rings. The second-order valence-electron chi connectivity index (χ2n) is 7.89. The highest BCUT2D eigenvalue weighted by atomic mass is 79.9. The van der Waals surface area contributed by atoms with Crippen LogP contribution >= 0.6 is 43.5 Å². The molecule has 0 spiro atoms. The fraction of sp³-hybridized carbons (Fsp3) is 0.458. The van der Waals surface area contributed by atoms with Crippen molar-refractivity contribution in [2.45, 2.75) is 64.2 Å². The molecule has 5 heteroatoms. The van der Waals surface area contributed by atoms with Gasteiger partial charge in [0.2, 0.25) is 0 Å². The zero-order valence-corrected chi connectivity index (χ0v) is 20.7. The number of carbonyl (C=O) groups excluding carboxylic acids is 1. The van der Waals surface area contributed by atoms with Crippen LogP contribution in [-0.2, 0) is 0 Å². The summed E-state index contributed by atoms with van der Waals surface area (Å²) in [6.45, 7) is 2.26. The van der Waals surface area contributed by atoms with Gasteiger partial charge in [-0.15, -0.1) is 0 Å². The van der Waals surface area contributed by atoms with E-state index < -0.39 is 5.97 Å². The van der Waals surface area contributed by atoms with Crippen LogP contribution < -0.4 is 4.74 Å². The van der Waals surface area contributed by atoms with Crippen LogP contribution in [0.5, 0.6) is 5.75 Å². The van der Waals surface area contributed by atoms with Gasteiger partial charge in [0.1, 0.15) is 5.75 Å². The lowest BCUT2D eigenvalue weighted by atomic mass is 9.77. The van der Waals surface area contributed by atoms with Crippen molar-refractivity contribution in [2.75, 3.05) is 0 Å². The molecule has 1 fully saturated rings. The molecule has 156 valence electrons. The lowest BCUT2D eigenvalue weighted by Crippen LogP contribution is -2.15. The van der Waals surface area contributed by atoms with Gasteiger partial charge in [0.15, 0.2) is 0 Å². The van der Waals surface area contributed by atoms with Crippen LogP contribution in [0.1, 0.15) is 80.1 Å². The predicted molar refractivity (Wildman–Crippen MR) is 127 cm³/mol. The summed E-state index contributed by atoms with van der Waals surface area (Å²) in [6, 6.07) is 11.1. The minimum Gasteiger partial charge on any atom is -0.421 e. The van der Waals surface area contributed by atoms with Crippen LogP contribution in [-0.4, -0.2) is 5.97 Å². The Bertz CT molecular complexity index is 822. The minimum atomic E-state index is -0.428. The Morgan fingerprint density at radius 2 is 1.72 bits per heavy atom. The fourth-order valence-electron chi connectivity index (χ4n) is 4.17. The molecule has 1 aliphatic carbocycles. The zero-order chi connectivity index (χ0) is 20.8. The van der Waals surface area contributed by atoms with Gasteiger partial charge >= 0.3 is 5.97 Å². The van der Waals surface area contributed by atoms with E-state index in [1.165, 1.54) is 56.9 Å². The molecule has 2 aromatic carbocycles. The normalized spacial score (nSPS) is 19.2. The summed E-state index contributed by atoms with van der Waals surface area (Å²) in [4.78, 5) is 12.7. The smallest absolute Gasteiger partial charge is 0.345 e. The monoisotopic (exact) mass is 540 g/mol. The van der Waals surface area contributed by atoms with Crippen molar-refractivity contribution < 1.29 is 9.53 Å². The maximum atomic E-state index is 12.7. The van der Waals surface area contributed by atoms with Crippen molar-refractivity contribution in [3.05, 3.63) is 61.5 Å². The Kier molecular flexibility index (Phi) is 8.64. The number of hydrogen-bond acceptors (Lipinski definition) is 2. The molecule has 0 bridgehead atoms. The number of para-hydroxylation sites is 1. The third-order valence-corrected chi connectivity index (χ3v) is 7.41. The summed E-state index contributed by atoms with van der Waals surface area (Å²) in [7, 11) is 0. The number of benzene rings is 2. The molecule has 0 atom stereocenters. The number of esters is 1. The number of unbranched alkanes of at least 4 members (excludes halogenated alkanes) is 2. The third kappa shape index (κ3) is 6.08. The van der Waals surface area contributed by atoms with E-state index in [1.807, 2.05) is 0 Å². The molecule has 0 aliphatic heterocycles. The first-order valence-electron chi connectivity index (χ1n) is 10.4. The van der Waals surface area contributed by atoms with E-state index in [4.69, 9.17) is 16.3 Å². The largest absolute Gasteiger partial charge is 0.421 e. The number of carbonyl (C=O) groups is 1. The van der Waals surface area contributed by atoms with Crippen LogP contribution in [0.2, 0.25) is 5.02 Å². The first-order chi connectivity index (χ1) is 14.0. The van der Waals surface area contributed by atoms with E-state index in [-0.39, 0.29) is 0 Å². The Hall–Kier alpha value is -0.840. The SMILES string of the molecule is CCCCCC1CCC(c2cc(Br)c(C(=O)Oc3ccccc3Cl)c(Br)c2)CC1. The molecule has 0 unspecified atom stereocenters. The van der Waals surface area contributed by atoms with E-state index in [0.29, 0.717) is 22.3 Å². The quantitative estimate of drug-likeness (QED) is 0.198. The van der Waals surface area contributed by atoms with Gasteiger partial charge in [0.25, 0.3) is 0 Å². The maximum Gasteiger partial charge on any atom is 0.345 e. The standard InChI is InChI=1S/C24H27Br2ClO2/c1-2-3-4-7-16-10-12-17(13-11-16)18-14-19(25)23(20(26)15-18)24(28)29-22-9-6-5-8-21(22)27/h5-6,8-9,14-17H,2-4,7,10-13H2,1H3. The van der Waals surface area contributed by atoms with Crippen molar-refractivity contribution in [2.24, 2.45) is 5.92 Å². The lowest BCUT2D eigenvalue weighted by molar-refractivity contribution is 0.0733. The van der Waals surface area contributed by atoms with Gasteiger partial charge < -0.3 is 4.74 Å². The van der Waals surface area contributed by atoms with Gasteiger partial charge in [0, 0.05) is 8.95 Å². The first-order valence-corrected chi connectivity index (χ1v) is 12.4. The summed E-state index contributed by atoms with van der Waals surface area (Å²) in [5, 5.41) is 0.417. The Morgan fingerprint density at radius 1 is 1.07 bits per heavy atom. The molecule has 0 saturated heterocycles. The van der Waals surface area contributed by atoms with Crippen LogP contribution in [0.25, 0.3) is 0 Å². The summed E-state index contributed by atoms with van der Waals surface area (Å²) < 4.78 is 7.02. The van der Waals surface area contributed by atoms with Crippen LogP contribution in [0.3, 0.4) is 0 Å². The molecule has 0 radical (unpaired) electrons. The van der Waals surface area contributed by atoms with E-state index >= 15 is 0 Å². The van der Waals surface area contributed by atoms with E-state index in [0.717, 1.165) is 14.9 Å². The van der Waals surface area contributed by atoms with Crippen molar-refractivity contribution >= 4 is 49.4 Å². The lowest BCUT2D eigenvalue weighted by Gasteiger charge is -2.29. The zero-order valence-electron chi connectivity index (χ0n) is 16.7. The third-order valence-electron chi connectivity index (χ3n) is 5.84. The molecule has 29 heavy (non-hydrogen) atoms. The molecule has 0 aromatic heterocycles. The van der Waals surface area contributed by atoms with Crippen molar-refractivity contribution in [3.8, 4) is 5.75 Å².